The minimum atomic E-state index is -3.73. The Bertz CT molecular complexity index is 544. The molecule has 0 aliphatic carbocycles. The van der Waals surface area contributed by atoms with Crippen LogP contribution in [0.25, 0.3) is 0 Å². The fourth-order valence-electron chi connectivity index (χ4n) is 4.17. The van der Waals surface area contributed by atoms with Gasteiger partial charge in [-0.05, 0) is 26.7 Å². The molecule has 8 heteroatoms. The Morgan fingerprint density at radius 2 is 1.31 bits per heavy atom. The lowest BCUT2D eigenvalue weighted by molar-refractivity contribution is -0.893. The molecule has 2 unspecified atom stereocenters. The van der Waals surface area contributed by atoms with Crippen LogP contribution in [-0.4, -0.2) is 62.6 Å². The zero-order chi connectivity index (χ0) is 26.9. The van der Waals surface area contributed by atoms with Crippen LogP contribution in [0.5, 0.6) is 0 Å². The SMILES string of the molecule is CCCCCCCCCCCCCCCOCC(COP(=O)(O)CC[NH+](CC)CC)OC(=O)CCC. The minimum absolute atomic E-state index is 0.0967. The molecule has 36 heavy (non-hydrogen) atoms. The zero-order valence-electron chi connectivity index (χ0n) is 24.1. The molecular formula is C28H59NO6P+. The summed E-state index contributed by atoms with van der Waals surface area (Å²) in [5.41, 5.74) is 0. The number of carbonyl (C=O) groups excluding carboxylic acids is 1. The van der Waals surface area contributed by atoms with Crippen molar-refractivity contribution in [2.24, 2.45) is 0 Å². The third kappa shape index (κ3) is 22.7. The van der Waals surface area contributed by atoms with Crippen molar-refractivity contribution < 1.29 is 33.2 Å². The second kappa shape index (κ2) is 24.9. The van der Waals surface area contributed by atoms with Crippen molar-refractivity contribution in [3.8, 4) is 0 Å². The molecule has 0 rings (SSSR count). The predicted molar refractivity (Wildman–Crippen MR) is 149 cm³/mol. The van der Waals surface area contributed by atoms with Crippen LogP contribution in [0.2, 0.25) is 0 Å². The van der Waals surface area contributed by atoms with E-state index in [1.165, 1.54) is 75.5 Å². The van der Waals surface area contributed by atoms with Crippen LogP contribution in [0.1, 0.15) is 124 Å². The number of hydrogen-bond donors (Lipinski definition) is 2. The summed E-state index contributed by atoms with van der Waals surface area (Å²) in [7, 11) is -3.73. The maximum atomic E-state index is 12.4. The van der Waals surface area contributed by atoms with E-state index in [9.17, 15) is 14.3 Å². The third-order valence-electron chi connectivity index (χ3n) is 6.66. The predicted octanol–water partition coefficient (Wildman–Crippen LogP) is 5.93. The molecule has 0 saturated heterocycles. The summed E-state index contributed by atoms with van der Waals surface area (Å²) in [6.07, 6.45) is 17.4. The van der Waals surface area contributed by atoms with Gasteiger partial charge in [-0.1, -0.05) is 90.9 Å². The molecule has 0 saturated carbocycles. The largest absolute Gasteiger partial charge is 0.457 e. The number of esters is 1. The molecule has 7 nitrogen and oxygen atoms in total. The number of rotatable bonds is 27. The van der Waals surface area contributed by atoms with Crippen LogP contribution in [-0.2, 0) is 23.4 Å². The van der Waals surface area contributed by atoms with E-state index in [4.69, 9.17) is 14.0 Å². The number of carbonyl (C=O) groups is 1. The first kappa shape index (κ1) is 35.5. The number of hydrogen-bond acceptors (Lipinski definition) is 5. The van der Waals surface area contributed by atoms with E-state index in [0.717, 1.165) is 25.9 Å². The zero-order valence-corrected chi connectivity index (χ0v) is 25.0. The molecule has 0 aromatic carbocycles. The van der Waals surface area contributed by atoms with Crippen molar-refractivity contribution in [2.45, 2.75) is 130 Å². The summed E-state index contributed by atoms with van der Waals surface area (Å²) >= 11 is 0. The number of unbranched alkanes of at least 4 members (excludes halogenated alkanes) is 12. The molecule has 0 spiro atoms. The molecule has 0 heterocycles. The summed E-state index contributed by atoms with van der Waals surface area (Å²) in [5, 5.41) is 0. The summed E-state index contributed by atoms with van der Waals surface area (Å²) in [4.78, 5) is 23.4. The standard InChI is InChI=1S/C28H58NO6P/c1-5-9-10-11-12-13-14-15-16-17-18-19-20-23-33-25-27(35-28(30)21-6-2)26-34-36(31,32)24-22-29(7-3)8-4/h27H,5-26H2,1-4H3,(H,31,32)/p+1. The molecule has 0 aromatic rings. The molecular weight excluding hydrogens is 477 g/mol. The minimum Gasteiger partial charge on any atom is -0.457 e. The molecule has 0 radical (unpaired) electrons. The fourth-order valence-corrected chi connectivity index (χ4v) is 5.30. The highest BCUT2D eigenvalue weighted by Crippen LogP contribution is 2.41. The first-order valence-electron chi connectivity index (χ1n) is 15.0. The maximum absolute atomic E-state index is 12.4. The van der Waals surface area contributed by atoms with Crippen LogP contribution in [0.15, 0.2) is 0 Å². The lowest BCUT2D eigenvalue weighted by Gasteiger charge is -2.21. The van der Waals surface area contributed by atoms with Gasteiger partial charge in [0.15, 0.2) is 0 Å². The summed E-state index contributed by atoms with van der Waals surface area (Å²) < 4.78 is 28.9. The first-order valence-corrected chi connectivity index (χ1v) is 16.7. The van der Waals surface area contributed by atoms with E-state index in [-0.39, 0.29) is 25.3 Å². The first-order chi connectivity index (χ1) is 17.4. The van der Waals surface area contributed by atoms with Gasteiger partial charge < -0.3 is 23.8 Å². The van der Waals surface area contributed by atoms with Crippen LogP contribution >= 0.6 is 7.60 Å². The van der Waals surface area contributed by atoms with E-state index in [0.29, 0.717) is 26.0 Å². The second-order valence-corrected chi connectivity index (χ2v) is 12.0. The lowest BCUT2D eigenvalue weighted by atomic mass is 10.0. The maximum Gasteiger partial charge on any atom is 0.333 e. The molecule has 0 aromatic heterocycles. The van der Waals surface area contributed by atoms with E-state index >= 15 is 0 Å². The highest BCUT2D eigenvalue weighted by Gasteiger charge is 2.25. The Hall–Kier alpha value is -0.460. The topological polar surface area (TPSA) is 86.5 Å². The van der Waals surface area contributed by atoms with Crippen LogP contribution < -0.4 is 4.90 Å². The van der Waals surface area contributed by atoms with Gasteiger partial charge in [0.05, 0.1) is 39.0 Å². The monoisotopic (exact) mass is 536 g/mol. The average Bonchev–Trinajstić information content (AvgIpc) is 2.85. The van der Waals surface area contributed by atoms with Crippen LogP contribution in [0.4, 0.5) is 0 Å². The van der Waals surface area contributed by atoms with E-state index in [2.05, 4.69) is 20.8 Å². The van der Waals surface area contributed by atoms with Gasteiger partial charge in [-0.25, -0.2) is 0 Å². The van der Waals surface area contributed by atoms with Gasteiger partial charge in [0.25, 0.3) is 0 Å². The van der Waals surface area contributed by atoms with Crippen LogP contribution in [0.3, 0.4) is 0 Å². The molecule has 0 aliphatic rings. The van der Waals surface area contributed by atoms with Crippen molar-refractivity contribution >= 4 is 13.6 Å². The number of quaternary nitrogens is 1. The quantitative estimate of drug-likeness (QED) is 0.0768. The summed E-state index contributed by atoms with van der Waals surface area (Å²) in [5.74, 6) is -0.323. The lowest BCUT2D eigenvalue weighted by Crippen LogP contribution is -3.11. The fraction of sp³-hybridized carbons (Fsp3) is 0.964. The summed E-state index contributed by atoms with van der Waals surface area (Å²) in [6, 6.07) is 0. The van der Waals surface area contributed by atoms with E-state index in [1.807, 2.05) is 6.92 Å². The van der Waals surface area contributed by atoms with Crippen molar-refractivity contribution in [1.29, 1.82) is 0 Å². The number of ether oxygens (including phenoxy) is 2. The van der Waals surface area contributed by atoms with Crippen molar-refractivity contribution in [3.05, 3.63) is 0 Å². The smallest absolute Gasteiger partial charge is 0.333 e. The highest BCUT2D eigenvalue weighted by atomic mass is 31.2. The van der Waals surface area contributed by atoms with Gasteiger partial charge in [0, 0.05) is 13.0 Å². The normalized spacial score (nSPS) is 14.2. The van der Waals surface area contributed by atoms with E-state index in [1.54, 1.807) is 0 Å². The summed E-state index contributed by atoms with van der Waals surface area (Å²) in [6.45, 7) is 11.3. The van der Waals surface area contributed by atoms with Gasteiger partial charge >= 0.3 is 13.6 Å². The molecule has 0 aliphatic heterocycles. The molecule has 216 valence electrons. The molecule has 2 N–H and O–H groups in total. The highest BCUT2D eigenvalue weighted by molar-refractivity contribution is 7.52. The Morgan fingerprint density at radius 1 is 0.778 bits per heavy atom. The van der Waals surface area contributed by atoms with Gasteiger partial charge in [-0.15, -0.1) is 0 Å². The van der Waals surface area contributed by atoms with Gasteiger partial charge in [0.2, 0.25) is 0 Å². The Labute approximate surface area is 222 Å². The molecule has 0 fully saturated rings. The third-order valence-corrected chi connectivity index (χ3v) is 8.00. The second-order valence-electron chi connectivity index (χ2n) is 10.0. The van der Waals surface area contributed by atoms with Gasteiger partial charge in [-0.3, -0.25) is 9.36 Å². The van der Waals surface area contributed by atoms with Crippen molar-refractivity contribution in [2.75, 3.05) is 45.6 Å². The molecule has 2 atom stereocenters. The molecule has 0 amide bonds. The number of nitrogens with one attached hydrogen (secondary N) is 1. The van der Waals surface area contributed by atoms with E-state index < -0.39 is 13.7 Å². The van der Waals surface area contributed by atoms with Gasteiger partial charge in [0.1, 0.15) is 6.10 Å². The average molecular weight is 537 g/mol. The van der Waals surface area contributed by atoms with Crippen molar-refractivity contribution in [1.82, 2.24) is 0 Å². The van der Waals surface area contributed by atoms with Crippen LogP contribution in [0, 0.1) is 0 Å². The van der Waals surface area contributed by atoms with Gasteiger partial charge in [-0.2, -0.15) is 0 Å². The molecule has 0 bridgehead atoms. The van der Waals surface area contributed by atoms with Crippen molar-refractivity contribution in [3.63, 3.8) is 0 Å². The Kier molecular flexibility index (Phi) is 24.5. The Balaban J connectivity index is 4.02. The Morgan fingerprint density at radius 3 is 1.81 bits per heavy atom.